The van der Waals surface area contributed by atoms with Gasteiger partial charge in [0.1, 0.15) is 6.10 Å². The van der Waals surface area contributed by atoms with Crippen LogP contribution >= 0.6 is 10.7 Å². The van der Waals surface area contributed by atoms with Crippen molar-refractivity contribution in [3.8, 4) is 0 Å². The highest BCUT2D eigenvalue weighted by Crippen LogP contribution is 2.25. The highest BCUT2D eigenvalue weighted by atomic mass is 35.7. The lowest BCUT2D eigenvalue weighted by atomic mass is 10.1. The molecule has 0 bridgehead atoms. The second kappa shape index (κ2) is 5.28. The van der Waals surface area contributed by atoms with Crippen LogP contribution in [0.3, 0.4) is 0 Å². The van der Waals surface area contributed by atoms with Gasteiger partial charge in [0.2, 0.25) is 0 Å². The highest BCUT2D eigenvalue weighted by molar-refractivity contribution is 8.13. The van der Waals surface area contributed by atoms with Gasteiger partial charge in [-0.1, -0.05) is 30.3 Å². The molecule has 19 heavy (non-hydrogen) atoms. The summed E-state index contributed by atoms with van der Waals surface area (Å²) in [6, 6.07) is 9.31. The van der Waals surface area contributed by atoms with E-state index in [1.54, 1.807) is 0 Å². The normalized spacial score (nSPS) is 13.4. The highest BCUT2D eigenvalue weighted by Gasteiger charge is 2.25. The van der Waals surface area contributed by atoms with Gasteiger partial charge < -0.3 is 9.30 Å². The second-order valence-corrected chi connectivity index (χ2v) is 6.32. The van der Waals surface area contributed by atoms with E-state index in [4.69, 9.17) is 15.4 Å². The molecule has 1 atom stereocenters. The predicted molar refractivity (Wildman–Crippen MR) is 69.3 cm³/mol. The fraction of sp³-hybridized carbons (Fsp3) is 0.273. The first-order valence-electron chi connectivity index (χ1n) is 5.37. The number of nitrogens with zero attached hydrogens (tertiary/aromatic N) is 3. The first-order chi connectivity index (χ1) is 8.95. The minimum Gasteiger partial charge on any atom is -0.369 e. The molecule has 0 aliphatic heterocycles. The lowest BCUT2D eigenvalue weighted by Crippen LogP contribution is -2.12. The predicted octanol–water partition coefficient (Wildman–Crippen LogP) is 1.48. The fourth-order valence-electron chi connectivity index (χ4n) is 1.79. The molecule has 0 fully saturated rings. The van der Waals surface area contributed by atoms with Gasteiger partial charge in [0.15, 0.2) is 5.82 Å². The number of halogens is 1. The van der Waals surface area contributed by atoms with Gasteiger partial charge in [0, 0.05) is 24.8 Å². The van der Waals surface area contributed by atoms with Crippen LogP contribution in [0.1, 0.15) is 17.5 Å². The Kier molecular flexibility index (Phi) is 3.88. The van der Waals surface area contributed by atoms with Crippen molar-refractivity contribution in [2.45, 2.75) is 11.3 Å². The van der Waals surface area contributed by atoms with E-state index in [2.05, 4.69) is 10.2 Å². The van der Waals surface area contributed by atoms with Crippen molar-refractivity contribution in [1.29, 1.82) is 0 Å². The molecule has 0 N–H and O–H groups in total. The van der Waals surface area contributed by atoms with Gasteiger partial charge in [-0.15, -0.1) is 10.2 Å². The molecule has 0 amide bonds. The van der Waals surface area contributed by atoms with E-state index in [1.807, 2.05) is 30.3 Å². The van der Waals surface area contributed by atoms with Crippen molar-refractivity contribution in [1.82, 2.24) is 14.8 Å². The van der Waals surface area contributed by atoms with E-state index in [-0.39, 0.29) is 5.16 Å². The molecular formula is C11H12ClN3O3S. The minimum atomic E-state index is -3.93. The number of hydrogen-bond acceptors (Lipinski definition) is 5. The molecule has 0 saturated carbocycles. The molecule has 0 aliphatic carbocycles. The SMILES string of the molecule is COC(c1ccccc1)c1nnc(S(=O)(=O)Cl)n1C. The van der Waals surface area contributed by atoms with Gasteiger partial charge in [-0.25, -0.2) is 8.42 Å². The summed E-state index contributed by atoms with van der Waals surface area (Å²) >= 11 is 0. The summed E-state index contributed by atoms with van der Waals surface area (Å²) < 4.78 is 29.3. The number of ether oxygens (including phenoxy) is 1. The van der Waals surface area contributed by atoms with Gasteiger partial charge in [-0.2, -0.15) is 0 Å². The molecule has 1 aromatic heterocycles. The van der Waals surface area contributed by atoms with Gasteiger partial charge >= 0.3 is 0 Å². The van der Waals surface area contributed by atoms with Crippen molar-refractivity contribution in [3.05, 3.63) is 41.7 Å². The van der Waals surface area contributed by atoms with Crippen molar-refractivity contribution < 1.29 is 13.2 Å². The number of methoxy groups -OCH3 is 1. The Morgan fingerprint density at radius 2 is 1.89 bits per heavy atom. The minimum absolute atomic E-state index is 0.304. The Morgan fingerprint density at radius 3 is 2.37 bits per heavy atom. The summed E-state index contributed by atoms with van der Waals surface area (Å²) in [7, 11) is 4.39. The van der Waals surface area contributed by atoms with E-state index in [9.17, 15) is 8.42 Å². The summed E-state index contributed by atoms with van der Waals surface area (Å²) in [5.74, 6) is 0.368. The molecule has 2 rings (SSSR count). The maximum absolute atomic E-state index is 11.3. The summed E-state index contributed by atoms with van der Waals surface area (Å²) in [5, 5.41) is 7.14. The third kappa shape index (κ3) is 2.78. The maximum atomic E-state index is 11.3. The van der Waals surface area contributed by atoms with E-state index in [0.717, 1.165) is 5.56 Å². The first kappa shape index (κ1) is 14.0. The molecule has 0 aliphatic rings. The van der Waals surface area contributed by atoms with Gasteiger partial charge in [0.05, 0.1) is 0 Å². The zero-order valence-corrected chi connectivity index (χ0v) is 11.9. The Hall–Kier alpha value is -1.44. The molecule has 2 aromatic rings. The molecule has 102 valence electrons. The Bertz CT molecular complexity index is 670. The molecular weight excluding hydrogens is 290 g/mol. The van der Waals surface area contributed by atoms with Crippen LogP contribution < -0.4 is 0 Å². The van der Waals surface area contributed by atoms with Crippen molar-refractivity contribution in [3.63, 3.8) is 0 Å². The largest absolute Gasteiger partial charge is 0.369 e. The summed E-state index contributed by atoms with van der Waals surface area (Å²) in [5.41, 5.74) is 0.846. The summed E-state index contributed by atoms with van der Waals surface area (Å²) in [6.07, 6.45) is -0.508. The molecule has 0 radical (unpaired) electrons. The molecule has 1 heterocycles. The molecule has 0 spiro atoms. The van der Waals surface area contributed by atoms with Crippen LogP contribution in [0.15, 0.2) is 35.5 Å². The average molecular weight is 302 g/mol. The molecule has 0 saturated heterocycles. The van der Waals surface area contributed by atoms with Crippen LogP contribution in [0.5, 0.6) is 0 Å². The van der Waals surface area contributed by atoms with Crippen LogP contribution in [-0.4, -0.2) is 30.3 Å². The molecule has 8 heteroatoms. The van der Waals surface area contributed by atoms with Gasteiger partial charge in [-0.05, 0) is 5.56 Å². The van der Waals surface area contributed by atoms with Crippen molar-refractivity contribution in [2.24, 2.45) is 7.05 Å². The van der Waals surface area contributed by atoms with Crippen LogP contribution in [-0.2, 0) is 20.8 Å². The zero-order valence-electron chi connectivity index (χ0n) is 10.3. The van der Waals surface area contributed by atoms with E-state index < -0.39 is 15.2 Å². The van der Waals surface area contributed by atoms with E-state index >= 15 is 0 Å². The number of aromatic nitrogens is 3. The van der Waals surface area contributed by atoms with Crippen LogP contribution in [0.4, 0.5) is 0 Å². The summed E-state index contributed by atoms with van der Waals surface area (Å²) in [6.45, 7) is 0. The maximum Gasteiger partial charge on any atom is 0.296 e. The average Bonchev–Trinajstić information content (AvgIpc) is 2.74. The molecule has 1 unspecified atom stereocenters. The fourth-order valence-corrected chi connectivity index (χ4v) is 2.75. The third-order valence-corrected chi connectivity index (χ3v) is 3.86. The van der Waals surface area contributed by atoms with Gasteiger partial charge in [0.25, 0.3) is 14.2 Å². The number of rotatable bonds is 4. The Labute approximate surface area is 115 Å². The Morgan fingerprint density at radius 1 is 1.26 bits per heavy atom. The smallest absolute Gasteiger partial charge is 0.296 e. The lowest BCUT2D eigenvalue weighted by Gasteiger charge is -2.14. The van der Waals surface area contributed by atoms with Crippen molar-refractivity contribution in [2.75, 3.05) is 7.11 Å². The van der Waals surface area contributed by atoms with Crippen molar-refractivity contribution >= 4 is 19.7 Å². The zero-order chi connectivity index (χ0) is 14.0. The number of hydrogen-bond donors (Lipinski definition) is 0. The third-order valence-electron chi connectivity index (χ3n) is 2.66. The van der Waals surface area contributed by atoms with E-state index in [1.165, 1.54) is 18.7 Å². The van der Waals surface area contributed by atoms with Crippen LogP contribution in [0.2, 0.25) is 0 Å². The monoisotopic (exact) mass is 301 g/mol. The van der Waals surface area contributed by atoms with Gasteiger partial charge in [-0.3, -0.25) is 0 Å². The molecule has 1 aromatic carbocycles. The second-order valence-electron chi connectivity index (χ2n) is 3.86. The van der Waals surface area contributed by atoms with Crippen LogP contribution in [0.25, 0.3) is 0 Å². The Balaban J connectivity index is 2.49. The lowest BCUT2D eigenvalue weighted by molar-refractivity contribution is 0.126. The number of benzene rings is 1. The first-order valence-corrected chi connectivity index (χ1v) is 7.67. The van der Waals surface area contributed by atoms with E-state index in [0.29, 0.717) is 5.82 Å². The standard InChI is InChI=1S/C11H12ClN3O3S/c1-15-10(13-14-11(15)19(12,16)17)9(18-2)8-6-4-3-5-7-8/h3-7,9H,1-2H3. The summed E-state index contributed by atoms with van der Waals surface area (Å²) in [4.78, 5) is 0. The van der Waals surface area contributed by atoms with Crippen LogP contribution in [0, 0.1) is 0 Å². The topological polar surface area (TPSA) is 74.1 Å². The molecule has 6 nitrogen and oxygen atoms in total. The quantitative estimate of drug-likeness (QED) is 0.800.